The van der Waals surface area contributed by atoms with Crippen LogP contribution in [0.1, 0.15) is 98.3 Å². The van der Waals surface area contributed by atoms with Crippen molar-refractivity contribution in [3.8, 4) is 0 Å². The van der Waals surface area contributed by atoms with Gasteiger partial charge in [0.15, 0.2) is 0 Å². The minimum absolute atomic E-state index is 0.0105. The number of aliphatic hydroxyl groups is 3. The molecular weight excluding hydrogens is 400 g/mol. The Morgan fingerprint density at radius 2 is 1.80 bits per heavy atom. The third kappa shape index (κ3) is 11.4. The van der Waals surface area contributed by atoms with Crippen LogP contribution in [-0.4, -0.2) is 56.7 Å². The second-order valence-corrected chi connectivity index (χ2v) is 11.0. The van der Waals surface area contributed by atoms with Gasteiger partial charge in [0.05, 0.1) is 24.4 Å². The molecule has 0 spiro atoms. The van der Waals surface area contributed by atoms with Crippen molar-refractivity contribution >= 4 is 17.7 Å². The number of aliphatic hydroxyl groups excluding tert-OH is 2. The molecule has 3 N–H and O–H groups in total. The van der Waals surface area contributed by atoms with E-state index in [1.807, 2.05) is 20.8 Å². The Labute approximate surface area is 188 Å². The van der Waals surface area contributed by atoms with E-state index in [1.54, 1.807) is 11.8 Å². The van der Waals surface area contributed by atoms with Gasteiger partial charge in [-0.1, -0.05) is 59.3 Å². The molecule has 0 amide bonds. The summed E-state index contributed by atoms with van der Waals surface area (Å²) in [5.41, 5.74) is -0.720. The van der Waals surface area contributed by atoms with E-state index in [2.05, 4.69) is 6.92 Å². The third-order valence-corrected chi connectivity index (χ3v) is 7.77. The summed E-state index contributed by atoms with van der Waals surface area (Å²) in [6.07, 6.45) is 8.71. The predicted molar refractivity (Wildman–Crippen MR) is 125 cm³/mol. The Morgan fingerprint density at radius 3 is 2.47 bits per heavy atom. The largest absolute Gasteiger partial charge is 0.465 e. The summed E-state index contributed by atoms with van der Waals surface area (Å²) < 4.78 is 5.19. The van der Waals surface area contributed by atoms with Crippen LogP contribution in [0.4, 0.5) is 0 Å². The smallest absolute Gasteiger partial charge is 0.305 e. The molecule has 5 nitrogen and oxygen atoms in total. The number of ether oxygens (including phenoxy) is 1. The number of hydrogen-bond acceptors (Lipinski definition) is 6. The fourth-order valence-electron chi connectivity index (χ4n) is 4.09. The molecule has 1 fully saturated rings. The van der Waals surface area contributed by atoms with Gasteiger partial charge in [0.2, 0.25) is 0 Å². The minimum atomic E-state index is -0.720. The number of rotatable bonds is 16. The van der Waals surface area contributed by atoms with Crippen LogP contribution in [0, 0.1) is 11.8 Å². The number of hydrogen-bond donors (Lipinski definition) is 3. The van der Waals surface area contributed by atoms with Crippen LogP contribution in [0.5, 0.6) is 0 Å². The van der Waals surface area contributed by atoms with Crippen LogP contribution in [0.25, 0.3) is 0 Å². The summed E-state index contributed by atoms with van der Waals surface area (Å²) in [7, 11) is 0. The van der Waals surface area contributed by atoms with Gasteiger partial charge in [-0.3, -0.25) is 4.79 Å². The molecule has 0 aliphatic heterocycles. The maximum absolute atomic E-state index is 11.6. The van der Waals surface area contributed by atoms with E-state index in [0.717, 1.165) is 57.8 Å². The van der Waals surface area contributed by atoms with Crippen molar-refractivity contribution in [2.24, 2.45) is 11.8 Å². The van der Waals surface area contributed by atoms with Crippen LogP contribution < -0.4 is 0 Å². The second-order valence-electron chi connectivity index (χ2n) is 9.79. The molecule has 30 heavy (non-hydrogen) atoms. The van der Waals surface area contributed by atoms with Gasteiger partial charge < -0.3 is 20.1 Å². The van der Waals surface area contributed by atoms with Gasteiger partial charge in [-0.05, 0) is 38.0 Å². The highest BCUT2D eigenvalue weighted by Gasteiger charge is 2.42. The standard InChI is InChI=1S/C24H46O5S/c1-5-6-11-14-24(4,28)17-30-23-19(20(25)15-21(23)26)12-9-7-8-10-13-22(27)29-16-18(2)3/h18-21,23,25-26,28H,5-17H2,1-4H3/t19-,20?,21?,23+,24?/m0/s1. The summed E-state index contributed by atoms with van der Waals surface area (Å²) >= 11 is 1.63. The first-order valence-electron chi connectivity index (χ1n) is 12.0. The van der Waals surface area contributed by atoms with E-state index in [0.29, 0.717) is 31.1 Å². The number of unbranched alkanes of at least 4 members (excludes halogenated alkanes) is 5. The van der Waals surface area contributed by atoms with Crippen LogP contribution in [-0.2, 0) is 9.53 Å². The molecule has 0 saturated heterocycles. The Morgan fingerprint density at radius 1 is 1.10 bits per heavy atom. The molecule has 0 aromatic rings. The molecule has 0 radical (unpaired) electrons. The molecule has 1 rings (SSSR count). The lowest BCUT2D eigenvalue weighted by molar-refractivity contribution is -0.144. The van der Waals surface area contributed by atoms with Crippen molar-refractivity contribution in [2.45, 2.75) is 121 Å². The molecule has 1 saturated carbocycles. The number of carbonyl (C=O) groups excluding carboxylic acids is 1. The van der Waals surface area contributed by atoms with Crippen molar-refractivity contribution in [3.05, 3.63) is 0 Å². The molecule has 178 valence electrons. The second kappa shape index (κ2) is 14.7. The average molecular weight is 447 g/mol. The first kappa shape index (κ1) is 27.7. The normalized spacial score (nSPS) is 26.1. The van der Waals surface area contributed by atoms with Crippen molar-refractivity contribution in [2.75, 3.05) is 12.4 Å². The molecule has 0 aromatic carbocycles. The summed E-state index contributed by atoms with van der Waals surface area (Å²) in [5.74, 6) is 0.932. The zero-order valence-electron chi connectivity index (χ0n) is 19.6. The summed E-state index contributed by atoms with van der Waals surface area (Å²) in [4.78, 5) is 11.6. The first-order valence-corrected chi connectivity index (χ1v) is 13.1. The van der Waals surface area contributed by atoms with Crippen molar-refractivity contribution in [1.29, 1.82) is 0 Å². The Hall–Kier alpha value is -0.300. The van der Waals surface area contributed by atoms with E-state index in [4.69, 9.17) is 4.74 Å². The molecule has 0 bridgehead atoms. The number of thioether (sulfide) groups is 1. The fraction of sp³-hybridized carbons (Fsp3) is 0.958. The van der Waals surface area contributed by atoms with Crippen LogP contribution in [0.15, 0.2) is 0 Å². The Balaban J connectivity index is 2.29. The highest BCUT2D eigenvalue weighted by atomic mass is 32.2. The fourth-order valence-corrected chi connectivity index (χ4v) is 5.68. The summed E-state index contributed by atoms with van der Waals surface area (Å²) in [6.45, 7) is 8.59. The van der Waals surface area contributed by atoms with Gasteiger partial charge >= 0.3 is 5.97 Å². The number of esters is 1. The molecular formula is C24H46O5S. The summed E-state index contributed by atoms with van der Waals surface area (Å²) in [6, 6.07) is 0. The molecule has 1 aliphatic rings. The predicted octanol–water partition coefficient (Wildman–Crippen LogP) is 4.70. The third-order valence-electron chi connectivity index (χ3n) is 5.93. The summed E-state index contributed by atoms with van der Waals surface area (Å²) in [5, 5.41) is 31.4. The molecule has 3 unspecified atom stereocenters. The topological polar surface area (TPSA) is 87.0 Å². The molecule has 6 heteroatoms. The van der Waals surface area contributed by atoms with E-state index in [9.17, 15) is 20.1 Å². The maximum atomic E-state index is 11.6. The Kier molecular flexibility index (Phi) is 13.6. The van der Waals surface area contributed by atoms with Gasteiger partial charge in [0, 0.05) is 23.8 Å². The van der Waals surface area contributed by atoms with Crippen LogP contribution in [0.3, 0.4) is 0 Å². The quantitative estimate of drug-likeness (QED) is 0.235. The van der Waals surface area contributed by atoms with Gasteiger partial charge in [-0.2, -0.15) is 11.8 Å². The van der Waals surface area contributed by atoms with Crippen molar-refractivity contribution in [1.82, 2.24) is 0 Å². The van der Waals surface area contributed by atoms with E-state index in [1.165, 1.54) is 0 Å². The number of carbonyl (C=O) groups is 1. The van der Waals surface area contributed by atoms with E-state index >= 15 is 0 Å². The molecule has 0 heterocycles. The molecule has 0 aromatic heterocycles. The molecule has 5 atom stereocenters. The Bertz CT molecular complexity index is 469. The van der Waals surface area contributed by atoms with Gasteiger partial charge in [0.25, 0.3) is 0 Å². The zero-order chi connectivity index (χ0) is 22.6. The van der Waals surface area contributed by atoms with E-state index < -0.39 is 17.8 Å². The van der Waals surface area contributed by atoms with Gasteiger partial charge in [-0.25, -0.2) is 0 Å². The lowest BCUT2D eigenvalue weighted by Crippen LogP contribution is -2.32. The lowest BCUT2D eigenvalue weighted by Gasteiger charge is -2.28. The minimum Gasteiger partial charge on any atom is -0.465 e. The van der Waals surface area contributed by atoms with E-state index in [-0.39, 0.29) is 17.1 Å². The zero-order valence-corrected chi connectivity index (χ0v) is 20.5. The van der Waals surface area contributed by atoms with Crippen molar-refractivity contribution < 1.29 is 24.9 Å². The average Bonchev–Trinajstić information content (AvgIpc) is 2.94. The highest BCUT2D eigenvalue weighted by molar-refractivity contribution is 8.00. The van der Waals surface area contributed by atoms with Gasteiger partial charge in [0.1, 0.15) is 0 Å². The highest BCUT2D eigenvalue weighted by Crippen LogP contribution is 2.40. The first-order chi connectivity index (χ1) is 14.2. The van der Waals surface area contributed by atoms with Gasteiger partial charge in [-0.15, -0.1) is 0 Å². The maximum Gasteiger partial charge on any atom is 0.305 e. The van der Waals surface area contributed by atoms with Crippen LogP contribution >= 0.6 is 11.8 Å². The SMILES string of the molecule is CCCCCC(C)(O)CS[C@H]1C(O)CC(O)[C@@H]1CCCCCCC(=O)OCC(C)C. The molecule has 1 aliphatic carbocycles. The lowest BCUT2D eigenvalue weighted by atomic mass is 9.97. The monoisotopic (exact) mass is 446 g/mol. The van der Waals surface area contributed by atoms with Crippen LogP contribution in [0.2, 0.25) is 0 Å². The van der Waals surface area contributed by atoms with Crippen molar-refractivity contribution in [3.63, 3.8) is 0 Å².